The Balaban J connectivity index is 2.77. The zero-order valence-corrected chi connectivity index (χ0v) is 19.4. The van der Waals surface area contributed by atoms with Gasteiger partial charge in [-0.15, -0.1) is 0 Å². The van der Waals surface area contributed by atoms with Crippen molar-refractivity contribution in [2.45, 2.75) is 65.1 Å². The highest BCUT2D eigenvalue weighted by Gasteiger charge is 2.39. The number of amides is 2. The van der Waals surface area contributed by atoms with Crippen LogP contribution in [0.5, 0.6) is 0 Å². The minimum absolute atomic E-state index is 0.0432. The van der Waals surface area contributed by atoms with Gasteiger partial charge in [-0.05, 0) is 52.5 Å². The minimum atomic E-state index is -1.26. The van der Waals surface area contributed by atoms with Gasteiger partial charge in [0.2, 0.25) is 5.91 Å². The molecule has 1 aliphatic carbocycles. The van der Waals surface area contributed by atoms with Gasteiger partial charge in [-0.1, -0.05) is 25.2 Å². The first-order valence-corrected chi connectivity index (χ1v) is 10.1. The Morgan fingerprint density at radius 1 is 1.23 bits per heavy atom. The summed E-state index contributed by atoms with van der Waals surface area (Å²) >= 11 is 0. The van der Waals surface area contributed by atoms with Crippen LogP contribution in [-0.4, -0.2) is 67.4 Å². The van der Waals surface area contributed by atoms with E-state index < -0.39 is 35.2 Å². The van der Waals surface area contributed by atoms with E-state index in [-0.39, 0.29) is 6.61 Å². The molecule has 1 N–H and O–H groups in total. The molecule has 0 spiro atoms. The minimum Gasteiger partial charge on any atom is -0.467 e. The summed E-state index contributed by atoms with van der Waals surface area (Å²) in [7, 11) is 2.72. The van der Waals surface area contributed by atoms with Crippen LogP contribution in [0.25, 0.3) is 0 Å². The molecular formula is C22H36N2O6. The highest BCUT2D eigenvalue weighted by Crippen LogP contribution is 2.20. The number of nitrogens with one attached hydrogen (secondary N) is 1. The standard InChI is InChI=1S/C22H36N2O6/c1-15-11-9-10-12-16(15)13-29-14-17(18(25)28-8)23-19(26)22(5,6)24(7)20(27)30-21(2,3)4/h9-10,12,15,17H,11,13-14H2,1-8H3,(H,23,26). The molecule has 2 unspecified atom stereocenters. The molecule has 2 amide bonds. The summed E-state index contributed by atoms with van der Waals surface area (Å²) in [5.74, 6) is -0.782. The Labute approximate surface area is 179 Å². The molecule has 0 aromatic carbocycles. The zero-order chi connectivity index (χ0) is 23.1. The van der Waals surface area contributed by atoms with Gasteiger partial charge < -0.3 is 19.5 Å². The second kappa shape index (κ2) is 10.6. The van der Waals surface area contributed by atoms with E-state index in [9.17, 15) is 14.4 Å². The number of carbonyl (C=O) groups excluding carboxylic acids is 3. The molecule has 0 aliphatic heterocycles. The lowest BCUT2D eigenvalue weighted by Crippen LogP contribution is -2.59. The van der Waals surface area contributed by atoms with E-state index in [1.807, 2.05) is 12.2 Å². The predicted octanol–water partition coefficient (Wildman–Crippen LogP) is 2.83. The van der Waals surface area contributed by atoms with Crippen molar-refractivity contribution in [3.63, 3.8) is 0 Å². The van der Waals surface area contributed by atoms with Crippen molar-refractivity contribution in [3.8, 4) is 0 Å². The molecule has 0 heterocycles. The molecule has 0 fully saturated rings. The summed E-state index contributed by atoms with van der Waals surface area (Å²) < 4.78 is 15.8. The number of nitrogens with zero attached hydrogens (tertiary/aromatic N) is 1. The summed E-state index contributed by atoms with van der Waals surface area (Å²) in [4.78, 5) is 38.6. The van der Waals surface area contributed by atoms with Gasteiger partial charge in [0.05, 0.1) is 20.3 Å². The second-order valence-electron chi connectivity index (χ2n) is 8.97. The van der Waals surface area contributed by atoms with Crippen molar-refractivity contribution in [2.24, 2.45) is 5.92 Å². The Hall–Kier alpha value is -2.35. The molecule has 0 saturated carbocycles. The van der Waals surface area contributed by atoms with Gasteiger partial charge >= 0.3 is 12.1 Å². The van der Waals surface area contributed by atoms with E-state index in [2.05, 4.69) is 18.3 Å². The van der Waals surface area contributed by atoms with Gasteiger partial charge in [-0.25, -0.2) is 9.59 Å². The van der Waals surface area contributed by atoms with Crippen molar-refractivity contribution in [1.29, 1.82) is 0 Å². The highest BCUT2D eigenvalue weighted by atomic mass is 16.6. The maximum absolute atomic E-state index is 12.9. The fourth-order valence-corrected chi connectivity index (χ4v) is 2.63. The normalized spacial score (nSPS) is 17.6. The lowest BCUT2D eigenvalue weighted by molar-refractivity contribution is -0.148. The third kappa shape index (κ3) is 7.48. The van der Waals surface area contributed by atoms with Crippen LogP contribution in [0, 0.1) is 5.92 Å². The Bertz CT molecular complexity index is 690. The molecule has 1 aliphatic rings. The number of ether oxygens (including phenoxy) is 3. The Morgan fingerprint density at radius 2 is 1.87 bits per heavy atom. The number of hydrogen-bond acceptors (Lipinski definition) is 6. The first-order chi connectivity index (χ1) is 13.8. The Morgan fingerprint density at radius 3 is 2.40 bits per heavy atom. The van der Waals surface area contributed by atoms with E-state index >= 15 is 0 Å². The molecular weight excluding hydrogens is 388 g/mol. The summed E-state index contributed by atoms with van der Waals surface area (Å²) in [5, 5.41) is 2.63. The molecule has 0 bridgehead atoms. The average Bonchev–Trinajstić information content (AvgIpc) is 2.65. The number of rotatable bonds is 8. The van der Waals surface area contributed by atoms with Crippen LogP contribution in [0.3, 0.4) is 0 Å². The van der Waals surface area contributed by atoms with Crippen LogP contribution in [0.2, 0.25) is 0 Å². The van der Waals surface area contributed by atoms with Crippen LogP contribution >= 0.6 is 0 Å². The molecule has 0 saturated heterocycles. The van der Waals surface area contributed by atoms with Crippen molar-refractivity contribution < 1.29 is 28.6 Å². The van der Waals surface area contributed by atoms with Gasteiger partial charge in [-0.3, -0.25) is 9.69 Å². The molecule has 170 valence electrons. The van der Waals surface area contributed by atoms with Crippen LogP contribution in [-0.2, 0) is 23.8 Å². The van der Waals surface area contributed by atoms with Gasteiger partial charge in [-0.2, -0.15) is 0 Å². The summed E-state index contributed by atoms with van der Waals surface area (Å²) in [6.45, 7) is 10.8. The molecule has 8 nitrogen and oxygen atoms in total. The fourth-order valence-electron chi connectivity index (χ4n) is 2.63. The molecule has 30 heavy (non-hydrogen) atoms. The van der Waals surface area contributed by atoms with Crippen molar-refractivity contribution in [3.05, 3.63) is 23.8 Å². The van der Waals surface area contributed by atoms with Crippen LogP contribution in [0.1, 0.15) is 48.0 Å². The van der Waals surface area contributed by atoms with E-state index in [0.29, 0.717) is 12.5 Å². The maximum atomic E-state index is 12.9. The topological polar surface area (TPSA) is 94.2 Å². The smallest absolute Gasteiger partial charge is 0.410 e. The summed E-state index contributed by atoms with van der Waals surface area (Å²) in [5.41, 5.74) is -0.835. The first kappa shape index (κ1) is 25.7. The largest absolute Gasteiger partial charge is 0.467 e. The van der Waals surface area contributed by atoms with Gasteiger partial charge in [0.1, 0.15) is 11.1 Å². The van der Waals surface area contributed by atoms with E-state index in [1.54, 1.807) is 34.6 Å². The zero-order valence-electron chi connectivity index (χ0n) is 19.4. The van der Waals surface area contributed by atoms with Gasteiger partial charge in [0.15, 0.2) is 6.04 Å². The summed E-state index contributed by atoms with van der Waals surface area (Å²) in [6, 6.07) is -0.996. The van der Waals surface area contributed by atoms with Crippen LogP contribution in [0.4, 0.5) is 4.79 Å². The molecule has 8 heteroatoms. The number of hydrogen-bond donors (Lipinski definition) is 1. The number of allylic oxidation sites excluding steroid dienone is 3. The van der Waals surface area contributed by atoms with E-state index in [4.69, 9.17) is 14.2 Å². The Kier molecular flexibility index (Phi) is 9.09. The van der Waals surface area contributed by atoms with Gasteiger partial charge in [0, 0.05) is 7.05 Å². The monoisotopic (exact) mass is 424 g/mol. The SMILES string of the molecule is COC(=O)C(COCC1=CC=CCC1C)NC(=O)C(C)(C)N(C)C(=O)OC(C)(C)C. The molecule has 0 aromatic rings. The number of likely N-dealkylation sites (N-methyl/N-ethyl adjacent to an activating group) is 1. The lowest BCUT2D eigenvalue weighted by Gasteiger charge is -2.36. The third-order valence-electron chi connectivity index (χ3n) is 4.97. The van der Waals surface area contributed by atoms with Crippen molar-refractivity contribution >= 4 is 18.0 Å². The predicted molar refractivity (Wildman–Crippen MR) is 114 cm³/mol. The number of carbonyl (C=O) groups is 3. The number of methoxy groups -OCH3 is 1. The first-order valence-electron chi connectivity index (χ1n) is 10.1. The molecule has 0 aromatic heterocycles. The molecule has 1 rings (SSSR count). The van der Waals surface area contributed by atoms with E-state index in [0.717, 1.165) is 12.0 Å². The third-order valence-corrected chi connectivity index (χ3v) is 4.97. The second-order valence-corrected chi connectivity index (χ2v) is 8.97. The van der Waals surface area contributed by atoms with Crippen LogP contribution < -0.4 is 5.32 Å². The van der Waals surface area contributed by atoms with Crippen LogP contribution in [0.15, 0.2) is 23.8 Å². The van der Waals surface area contributed by atoms with Crippen molar-refractivity contribution in [2.75, 3.05) is 27.4 Å². The van der Waals surface area contributed by atoms with Gasteiger partial charge in [0.25, 0.3) is 0 Å². The molecule has 2 atom stereocenters. The van der Waals surface area contributed by atoms with Crippen molar-refractivity contribution in [1.82, 2.24) is 10.2 Å². The average molecular weight is 425 g/mol. The summed E-state index contributed by atoms with van der Waals surface area (Å²) in [6.07, 6.45) is 6.37. The quantitative estimate of drug-likeness (QED) is 0.602. The lowest BCUT2D eigenvalue weighted by atomic mass is 9.94. The highest BCUT2D eigenvalue weighted by molar-refractivity contribution is 5.92. The fraction of sp³-hybridized carbons (Fsp3) is 0.682. The molecule has 0 radical (unpaired) electrons. The maximum Gasteiger partial charge on any atom is 0.410 e. The number of esters is 1. The van der Waals surface area contributed by atoms with E-state index in [1.165, 1.54) is 19.1 Å².